The number of hydrogen-bond acceptors (Lipinski definition) is 6. The summed E-state index contributed by atoms with van der Waals surface area (Å²) in [5.41, 5.74) is 25.8. The first-order valence-corrected chi connectivity index (χ1v) is 34.8. The summed E-state index contributed by atoms with van der Waals surface area (Å²) < 4.78 is 0. The zero-order valence-electron chi connectivity index (χ0n) is 58.9. The second kappa shape index (κ2) is 34.5. The van der Waals surface area contributed by atoms with Gasteiger partial charge in [0.15, 0.2) is 0 Å². The lowest BCUT2D eigenvalue weighted by Gasteiger charge is -2.29. The minimum Gasteiger partial charge on any atom is -0.345 e. The molecule has 0 heterocycles. The van der Waals surface area contributed by atoms with E-state index in [4.69, 9.17) is 0 Å². The van der Waals surface area contributed by atoms with Gasteiger partial charge >= 0.3 is 0 Å². The van der Waals surface area contributed by atoms with E-state index in [0.717, 1.165) is 51.2 Å². The van der Waals surface area contributed by atoms with E-state index < -0.39 is 0 Å². The number of para-hydroxylation sites is 8. The topological polar surface area (TPSA) is 19.4 Å². The maximum absolute atomic E-state index is 2.32. The van der Waals surface area contributed by atoms with Crippen LogP contribution in [0.4, 0.5) is 96.7 Å². The normalized spacial score (nSPS) is 10.5. The molecule has 6 nitrogen and oxygen atoms in total. The Labute approximate surface area is 604 Å². The lowest BCUT2D eigenvalue weighted by Crippen LogP contribution is -2.13. The van der Waals surface area contributed by atoms with Crippen molar-refractivity contribution in [3.8, 4) is 0 Å². The highest BCUT2D eigenvalue weighted by molar-refractivity contribution is 5.84. The predicted molar refractivity (Wildman–Crippen MR) is 437 cm³/mol. The average Bonchev–Trinajstić information content (AvgIpc) is 0.805. The van der Waals surface area contributed by atoms with Gasteiger partial charge in [0.25, 0.3) is 0 Å². The number of anilines is 17. The van der Waals surface area contributed by atoms with Gasteiger partial charge in [-0.15, -0.1) is 0 Å². The molecule has 0 spiro atoms. The Morgan fingerprint density at radius 3 is 0.461 bits per heavy atom. The second-order valence-corrected chi connectivity index (χ2v) is 25.1. The van der Waals surface area contributed by atoms with Crippen molar-refractivity contribution in [2.24, 2.45) is 0 Å². The van der Waals surface area contributed by atoms with E-state index >= 15 is 0 Å². The van der Waals surface area contributed by atoms with Gasteiger partial charge in [-0.3, -0.25) is 0 Å². The van der Waals surface area contributed by atoms with Crippen LogP contribution in [0.15, 0.2) is 413 Å². The zero-order chi connectivity index (χ0) is 70.2. The molecule has 0 bridgehead atoms. The molecule has 15 rings (SSSR count). The van der Waals surface area contributed by atoms with Crippen LogP contribution in [0.3, 0.4) is 0 Å². The Morgan fingerprint density at radius 2 is 0.275 bits per heavy atom. The van der Waals surface area contributed by atoms with Crippen molar-refractivity contribution in [2.75, 3.05) is 36.4 Å². The number of nitrogens with zero attached hydrogens (tertiary/aromatic N) is 6. The molecule has 0 aliphatic rings. The lowest BCUT2D eigenvalue weighted by molar-refractivity contribution is 1.21. The van der Waals surface area contributed by atoms with E-state index in [2.05, 4.69) is 459 Å². The van der Waals surface area contributed by atoms with Crippen LogP contribution in [0.5, 0.6) is 0 Å². The van der Waals surface area contributed by atoms with Crippen molar-refractivity contribution in [1.82, 2.24) is 0 Å². The average molecular weight is 1320 g/mol. The highest BCUT2D eigenvalue weighted by atomic mass is 15.2. The molecule has 0 fully saturated rings. The SMILES string of the molecule is CN(c1ccccc1)c1ccccc1.Cc1ccc(N(c2ccc(N(c3ccccc3)c3ccccc3)cc2)c2ccc(N(c3ccccc3)c3ccccc3)cc2)cc1.Cc1ccc(N(c2cccc(C)c2)c2cccc(C)c2)cc1.Cc1ccc(N(c2ccccc2)c2ccccc2)cc1. The Bertz CT molecular complexity index is 4610. The Hall–Kier alpha value is -12.9. The molecule has 0 aliphatic carbocycles. The van der Waals surface area contributed by atoms with Gasteiger partial charge in [-0.1, -0.05) is 223 Å². The Balaban J connectivity index is 0.000000145. The summed E-state index contributed by atoms with van der Waals surface area (Å²) in [4.78, 5) is 13.6. The highest BCUT2D eigenvalue weighted by Crippen LogP contribution is 2.42. The van der Waals surface area contributed by atoms with Crippen LogP contribution in [0.2, 0.25) is 0 Å². The monoisotopic (exact) mass is 1320 g/mol. The van der Waals surface area contributed by atoms with Gasteiger partial charge < -0.3 is 29.4 Å². The summed E-state index contributed by atoms with van der Waals surface area (Å²) in [6, 6.07) is 145. The molecule has 6 heteroatoms. The van der Waals surface area contributed by atoms with E-state index in [9.17, 15) is 0 Å². The van der Waals surface area contributed by atoms with Gasteiger partial charge in [-0.2, -0.15) is 0 Å². The van der Waals surface area contributed by atoms with Crippen LogP contribution >= 0.6 is 0 Å². The molecule has 15 aromatic carbocycles. The lowest BCUT2D eigenvalue weighted by atomic mass is 10.1. The second-order valence-electron chi connectivity index (χ2n) is 25.1. The van der Waals surface area contributed by atoms with Crippen molar-refractivity contribution >= 4 is 96.7 Å². The molecular weight excluding hydrogens is 1240 g/mol. The van der Waals surface area contributed by atoms with Crippen LogP contribution in [0.1, 0.15) is 27.8 Å². The van der Waals surface area contributed by atoms with Crippen LogP contribution < -0.4 is 29.4 Å². The number of benzene rings is 15. The predicted octanol–water partition coefficient (Wildman–Crippen LogP) is 27.4. The van der Waals surface area contributed by atoms with Crippen LogP contribution in [-0.2, 0) is 0 Å². The fraction of sp³-hybridized carbons (Fsp3) is 0.0625. The summed E-state index contributed by atoms with van der Waals surface area (Å²) in [5.74, 6) is 0. The molecule has 0 amide bonds. The Kier molecular flexibility index (Phi) is 23.4. The summed E-state index contributed by atoms with van der Waals surface area (Å²) in [5, 5.41) is 0. The smallest absolute Gasteiger partial charge is 0.0464 e. The first kappa shape index (κ1) is 69.0. The number of rotatable bonds is 17. The Morgan fingerprint density at radius 1 is 0.127 bits per heavy atom. The van der Waals surface area contributed by atoms with E-state index in [1.807, 2.05) is 24.3 Å². The van der Waals surface area contributed by atoms with Crippen LogP contribution in [-0.4, -0.2) is 7.05 Å². The first-order chi connectivity index (χ1) is 50.1. The van der Waals surface area contributed by atoms with Gasteiger partial charge in [0.1, 0.15) is 0 Å². The third-order valence-corrected chi connectivity index (χ3v) is 17.5. The molecule has 0 radical (unpaired) electrons. The molecular formula is C96H86N6. The molecule has 0 saturated carbocycles. The van der Waals surface area contributed by atoms with Gasteiger partial charge in [-0.05, 0) is 252 Å². The minimum absolute atomic E-state index is 1.09. The molecule has 0 N–H and O–H groups in total. The molecule has 500 valence electrons. The quantitative estimate of drug-likeness (QED) is 0.0899. The summed E-state index contributed by atoms with van der Waals surface area (Å²) in [7, 11) is 2.07. The molecule has 0 aliphatic heterocycles. The van der Waals surface area contributed by atoms with Gasteiger partial charge in [0.2, 0.25) is 0 Å². The third-order valence-electron chi connectivity index (χ3n) is 17.5. The fourth-order valence-corrected chi connectivity index (χ4v) is 12.3. The molecule has 0 atom stereocenters. The van der Waals surface area contributed by atoms with E-state index in [-0.39, 0.29) is 0 Å². The third kappa shape index (κ3) is 18.1. The zero-order valence-corrected chi connectivity index (χ0v) is 58.9. The van der Waals surface area contributed by atoms with Crippen LogP contribution in [0, 0.1) is 34.6 Å². The summed E-state index contributed by atoms with van der Waals surface area (Å²) >= 11 is 0. The highest BCUT2D eigenvalue weighted by Gasteiger charge is 2.19. The van der Waals surface area contributed by atoms with Crippen molar-refractivity contribution in [2.45, 2.75) is 34.6 Å². The molecule has 0 unspecified atom stereocenters. The van der Waals surface area contributed by atoms with E-state index in [1.165, 1.54) is 73.3 Å². The summed E-state index contributed by atoms with van der Waals surface area (Å²) in [6.07, 6.45) is 0. The standard InChI is InChI=1S/C43H35N3.C21H21N.C19H17N.C13H13N/c1-34-22-24-39(25-23-34)46(42-30-26-40(27-31-42)44(35-14-6-2-7-15-35)36-16-8-3-9-17-36)43-32-28-41(29-33-43)45(37-18-10-4-11-19-37)38-20-12-5-13-21-38;1-16-10-12-19(13-11-16)22(20-8-4-6-17(2)14-20)21-9-5-7-18(3)15-21;1-16-12-14-19(15-13-16)20(17-8-4-2-5-9-17)18-10-6-3-7-11-18;1-14(12-8-4-2-5-9-12)13-10-6-3-7-11-13/h2-33H,1H3;4-15H,1-3H3;2-15H,1H3;2-11H,1H3. The van der Waals surface area contributed by atoms with Gasteiger partial charge in [0, 0.05) is 104 Å². The van der Waals surface area contributed by atoms with Crippen molar-refractivity contribution < 1.29 is 0 Å². The van der Waals surface area contributed by atoms with E-state index in [1.54, 1.807) is 0 Å². The van der Waals surface area contributed by atoms with Gasteiger partial charge in [0.05, 0.1) is 0 Å². The van der Waals surface area contributed by atoms with E-state index in [0.29, 0.717) is 0 Å². The van der Waals surface area contributed by atoms with Crippen molar-refractivity contribution in [3.63, 3.8) is 0 Å². The number of aryl methyl sites for hydroxylation is 5. The molecule has 102 heavy (non-hydrogen) atoms. The first-order valence-electron chi connectivity index (χ1n) is 34.8. The fourth-order valence-electron chi connectivity index (χ4n) is 12.3. The van der Waals surface area contributed by atoms with Crippen LogP contribution in [0.25, 0.3) is 0 Å². The molecule has 0 saturated heterocycles. The van der Waals surface area contributed by atoms with Crippen molar-refractivity contribution in [3.05, 3.63) is 440 Å². The van der Waals surface area contributed by atoms with Crippen molar-refractivity contribution in [1.29, 1.82) is 0 Å². The largest absolute Gasteiger partial charge is 0.345 e. The number of hydrogen-bond donors (Lipinski definition) is 0. The maximum atomic E-state index is 2.32. The minimum atomic E-state index is 1.09. The molecule has 15 aromatic rings. The maximum Gasteiger partial charge on any atom is 0.0464 e. The summed E-state index contributed by atoms with van der Waals surface area (Å²) in [6.45, 7) is 10.6. The molecule has 0 aromatic heterocycles. The van der Waals surface area contributed by atoms with Gasteiger partial charge in [-0.25, -0.2) is 0 Å².